The molecule has 5 nitrogen and oxygen atoms in total. The van der Waals surface area contributed by atoms with Crippen molar-refractivity contribution in [1.82, 2.24) is 15.1 Å². The second-order valence-electron chi connectivity index (χ2n) is 6.92. The Kier molecular flexibility index (Phi) is 6.24. The molecule has 1 N–H and O–H groups in total. The monoisotopic (exact) mass is 331 g/mol. The summed E-state index contributed by atoms with van der Waals surface area (Å²) in [5.74, 6) is 0.125. The van der Waals surface area contributed by atoms with Gasteiger partial charge < -0.3 is 10.1 Å². The molecule has 0 spiro atoms. The van der Waals surface area contributed by atoms with E-state index in [2.05, 4.69) is 46.3 Å². The summed E-state index contributed by atoms with van der Waals surface area (Å²) in [6.45, 7) is 9.07. The van der Waals surface area contributed by atoms with Crippen LogP contribution >= 0.6 is 0 Å². The maximum Gasteiger partial charge on any atom is 0.234 e. The van der Waals surface area contributed by atoms with Gasteiger partial charge in [-0.25, -0.2) is 0 Å². The number of morpholine rings is 1. The average molecular weight is 331 g/mol. The second kappa shape index (κ2) is 8.60. The number of nitrogens with one attached hydrogen (secondary N) is 1. The fourth-order valence-corrected chi connectivity index (χ4v) is 3.55. The van der Waals surface area contributed by atoms with Gasteiger partial charge in [-0.15, -0.1) is 0 Å². The molecule has 1 aromatic carbocycles. The van der Waals surface area contributed by atoms with Gasteiger partial charge >= 0.3 is 0 Å². The zero-order valence-corrected chi connectivity index (χ0v) is 14.7. The molecule has 132 valence electrons. The van der Waals surface area contributed by atoms with Crippen LogP contribution in [-0.4, -0.2) is 67.7 Å². The molecule has 1 aromatic rings. The van der Waals surface area contributed by atoms with Crippen LogP contribution in [0.1, 0.15) is 24.0 Å². The van der Waals surface area contributed by atoms with Crippen molar-refractivity contribution >= 4 is 5.91 Å². The van der Waals surface area contributed by atoms with E-state index in [-0.39, 0.29) is 5.91 Å². The van der Waals surface area contributed by atoms with Gasteiger partial charge in [0.25, 0.3) is 0 Å². The molecular formula is C19H29N3O2. The van der Waals surface area contributed by atoms with Crippen LogP contribution < -0.4 is 5.32 Å². The summed E-state index contributed by atoms with van der Waals surface area (Å²) in [6.07, 6.45) is 2.32. The molecule has 2 saturated heterocycles. The van der Waals surface area contributed by atoms with Gasteiger partial charge in [-0.3, -0.25) is 14.6 Å². The summed E-state index contributed by atoms with van der Waals surface area (Å²) in [5, 5.41) is 3.03. The minimum absolute atomic E-state index is 0.125. The summed E-state index contributed by atoms with van der Waals surface area (Å²) in [5.41, 5.74) is 2.40. The topological polar surface area (TPSA) is 44.8 Å². The molecule has 0 radical (unpaired) electrons. The lowest BCUT2D eigenvalue weighted by Gasteiger charge is -2.39. The zero-order chi connectivity index (χ0) is 16.8. The molecule has 0 unspecified atom stereocenters. The van der Waals surface area contributed by atoms with Crippen LogP contribution in [0.15, 0.2) is 24.3 Å². The summed E-state index contributed by atoms with van der Waals surface area (Å²) in [4.78, 5) is 17.0. The Balaban J connectivity index is 1.36. The summed E-state index contributed by atoms with van der Waals surface area (Å²) < 4.78 is 5.43. The number of benzene rings is 1. The molecule has 2 aliphatic heterocycles. The van der Waals surface area contributed by atoms with Crippen LogP contribution in [0.5, 0.6) is 0 Å². The minimum atomic E-state index is 0.125. The number of likely N-dealkylation sites (tertiary alicyclic amines) is 1. The average Bonchev–Trinajstić information content (AvgIpc) is 2.63. The zero-order valence-electron chi connectivity index (χ0n) is 14.7. The number of ether oxygens (including phenoxy) is 1. The minimum Gasteiger partial charge on any atom is -0.379 e. The van der Waals surface area contributed by atoms with Crippen LogP contribution in [0, 0.1) is 6.92 Å². The first-order valence-electron chi connectivity index (χ1n) is 9.07. The third-order valence-corrected chi connectivity index (χ3v) is 5.10. The molecule has 0 saturated carbocycles. The molecule has 2 aliphatic rings. The highest BCUT2D eigenvalue weighted by Crippen LogP contribution is 2.17. The molecule has 0 bridgehead atoms. The molecule has 24 heavy (non-hydrogen) atoms. The molecule has 0 atom stereocenters. The van der Waals surface area contributed by atoms with Crippen molar-refractivity contribution in [2.24, 2.45) is 0 Å². The highest BCUT2D eigenvalue weighted by Gasteiger charge is 2.26. The normalized spacial score (nSPS) is 20.9. The number of amides is 1. The fraction of sp³-hybridized carbons (Fsp3) is 0.632. The highest BCUT2D eigenvalue weighted by atomic mass is 16.5. The summed E-state index contributed by atoms with van der Waals surface area (Å²) in [6, 6.07) is 8.98. The van der Waals surface area contributed by atoms with Crippen LogP contribution in [0.2, 0.25) is 0 Å². The smallest absolute Gasteiger partial charge is 0.234 e. The van der Waals surface area contributed by atoms with Gasteiger partial charge in [0.2, 0.25) is 5.91 Å². The number of hydrogen-bond donors (Lipinski definition) is 1. The summed E-state index contributed by atoms with van der Waals surface area (Å²) >= 11 is 0. The number of piperidine rings is 1. The van der Waals surface area contributed by atoms with E-state index >= 15 is 0 Å². The lowest BCUT2D eigenvalue weighted by molar-refractivity contribution is -0.122. The van der Waals surface area contributed by atoms with Gasteiger partial charge in [0.15, 0.2) is 0 Å². The van der Waals surface area contributed by atoms with E-state index in [1.807, 2.05) is 0 Å². The molecule has 1 amide bonds. The molecular weight excluding hydrogens is 302 g/mol. The van der Waals surface area contributed by atoms with Gasteiger partial charge in [-0.2, -0.15) is 0 Å². The Bertz CT molecular complexity index is 518. The number of hydrogen-bond acceptors (Lipinski definition) is 4. The van der Waals surface area contributed by atoms with Crippen LogP contribution in [0.25, 0.3) is 0 Å². The first kappa shape index (κ1) is 17.4. The molecule has 0 aliphatic carbocycles. The lowest BCUT2D eigenvalue weighted by Crippen LogP contribution is -2.50. The maximum atomic E-state index is 12.2. The van der Waals surface area contributed by atoms with Crippen molar-refractivity contribution < 1.29 is 9.53 Å². The fourth-order valence-electron chi connectivity index (χ4n) is 3.55. The molecule has 5 heteroatoms. The van der Waals surface area contributed by atoms with Gasteiger partial charge in [-0.05, 0) is 25.3 Å². The number of nitrogens with zero attached hydrogens (tertiary/aromatic N) is 2. The van der Waals surface area contributed by atoms with Gasteiger partial charge in [-0.1, -0.05) is 29.8 Å². The number of aryl methyl sites for hydroxylation is 1. The standard InChI is InChI=1S/C19H29N3O2/c1-16-2-4-17(5-3-16)14-20-19(23)15-21-8-6-18(7-9-21)22-10-12-24-13-11-22/h2-5,18H,6-15H2,1H3,(H,20,23). The predicted molar refractivity (Wildman–Crippen MR) is 94.9 cm³/mol. The lowest BCUT2D eigenvalue weighted by atomic mass is 10.0. The van der Waals surface area contributed by atoms with Crippen molar-refractivity contribution in [2.45, 2.75) is 32.4 Å². The van der Waals surface area contributed by atoms with E-state index in [9.17, 15) is 4.79 Å². The Morgan fingerprint density at radius 3 is 2.46 bits per heavy atom. The third kappa shape index (κ3) is 5.03. The SMILES string of the molecule is Cc1ccc(CNC(=O)CN2CCC(N3CCOCC3)CC2)cc1. The first-order valence-corrected chi connectivity index (χ1v) is 9.07. The quantitative estimate of drug-likeness (QED) is 0.886. The molecule has 2 heterocycles. The Morgan fingerprint density at radius 2 is 1.79 bits per heavy atom. The Hall–Kier alpha value is -1.43. The first-order chi connectivity index (χ1) is 11.7. The van der Waals surface area contributed by atoms with Crippen LogP contribution in [0.3, 0.4) is 0 Å². The van der Waals surface area contributed by atoms with Crippen molar-refractivity contribution in [3.8, 4) is 0 Å². The Labute approximate surface area is 145 Å². The van der Waals surface area contributed by atoms with Gasteiger partial charge in [0.05, 0.1) is 19.8 Å². The Morgan fingerprint density at radius 1 is 1.12 bits per heavy atom. The third-order valence-electron chi connectivity index (χ3n) is 5.10. The van der Waals surface area contributed by atoms with Crippen LogP contribution in [0.4, 0.5) is 0 Å². The van der Waals surface area contributed by atoms with Crippen molar-refractivity contribution in [2.75, 3.05) is 45.9 Å². The predicted octanol–water partition coefficient (Wildman–Crippen LogP) is 1.41. The van der Waals surface area contributed by atoms with Crippen molar-refractivity contribution in [3.05, 3.63) is 35.4 Å². The number of carbonyl (C=O) groups is 1. The van der Waals surface area contributed by atoms with E-state index in [0.29, 0.717) is 19.1 Å². The van der Waals surface area contributed by atoms with E-state index in [1.54, 1.807) is 0 Å². The summed E-state index contributed by atoms with van der Waals surface area (Å²) in [7, 11) is 0. The number of carbonyl (C=O) groups excluding carboxylic acids is 1. The highest BCUT2D eigenvalue weighted by molar-refractivity contribution is 5.78. The maximum absolute atomic E-state index is 12.2. The van der Waals surface area contributed by atoms with E-state index in [4.69, 9.17) is 4.74 Å². The van der Waals surface area contributed by atoms with E-state index < -0.39 is 0 Å². The van der Waals surface area contributed by atoms with Gasteiger partial charge in [0.1, 0.15) is 0 Å². The number of rotatable bonds is 5. The molecule has 3 rings (SSSR count). The molecule has 0 aromatic heterocycles. The van der Waals surface area contributed by atoms with E-state index in [0.717, 1.165) is 57.8 Å². The van der Waals surface area contributed by atoms with Gasteiger partial charge in [0, 0.05) is 38.8 Å². The second-order valence-corrected chi connectivity index (χ2v) is 6.92. The largest absolute Gasteiger partial charge is 0.379 e. The van der Waals surface area contributed by atoms with E-state index in [1.165, 1.54) is 5.56 Å². The van der Waals surface area contributed by atoms with Crippen molar-refractivity contribution in [3.63, 3.8) is 0 Å². The molecule has 2 fully saturated rings. The van der Waals surface area contributed by atoms with Crippen LogP contribution in [-0.2, 0) is 16.1 Å². The van der Waals surface area contributed by atoms with Crippen molar-refractivity contribution in [1.29, 1.82) is 0 Å².